The second-order valence-corrected chi connectivity index (χ2v) is 7.73. The molecule has 1 aliphatic heterocycles. The summed E-state index contributed by atoms with van der Waals surface area (Å²) in [4.78, 5) is 4.77. The van der Waals surface area contributed by atoms with Crippen molar-refractivity contribution in [3.05, 3.63) is 35.4 Å². The van der Waals surface area contributed by atoms with Crippen LogP contribution in [0.25, 0.3) is 0 Å². The lowest BCUT2D eigenvalue weighted by Gasteiger charge is -2.21. The molecular weight excluding hydrogens is 425 g/mol. The van der Waals surface area contributed by atoms with Gasteiger partial charge in [-0.25, -0.2) is 0 Å². The Balaban J connectivity index is 0.00000182. The Morgan fingerprint density at radius 1 is 1.32 bits per heavy atom. The molecule has 1 heterocycles. The van der Waals surface area contributed by atoms with Crippen LogP contribution in [0.4, 0.5) is 0 Å². The first-order chi connectivity index (χ1) is 11.7. The molecule has 2 aliphatic carbocycles. The molecule has 2 N–H and O–H groups in total. The maximum atomic E-state index is 5.84. The monoisotopic (exact) mass is 455 g/mol. The van der Waals surface area contributed by atoms with E-state index in [1.807, 2.05) is 0 Å². The van der Waals surface area contributed by atoms with E-state index >= 15 is 0 Å². The molecule has 4 rings (SSSR count). The molecular formula is C20H30IN3O. The van der Waals surface area contributed by atoms with Gasteiger partial charge in [-0.3, -0.25) is 4.99 Å². The zero-order chi connectivity index (χ0) is 16.6. The van der Waals surface area contributed by atoms with E-state index in [1.165, 1.54) is 6.42 Å². The van der Waals surface area contributed by atoms with E-state index in [-0.39, 0.29) is 29.6 Å². The molecule has 0 aromatic heterocycles. The minimum absolute atomic E-state index is 0. The Bertz CT molecular complexity index is 627. The van der Waals surface area contributed by atoms with E-state index in [1.54, 1.807) is 11.1 Å². The Labute approximate surface area is 168 Å². The summed E-state index contributed by atoms with van der Waals surface area (Å²) in [5.41, 5.74) is 3.08. The van der Waals surface area contributed by atoms with E-state index in [0.717, 1.165) is 62.8 Å². The Morgan fingerprint density at radius 2 is 2.16 bits per heavy atom. The van der Waals surface area contributed by atoms with E-state index in [4.69, 9.17) is 9.73 Å². The molecule has 2 fully saturated rings. The van der Waals surface area contributed by atoms with Gasteiger partial charge in [0.25, 0.3) is 0 Å². The molecule has 1 saturated carbocycles. The third kappa shape index (κ3) is 3.97. The predicted octanol–water partition coefficient (Wildman–Crippen LogP) is 3.31. The van der Waals surface area contributed by atoms with Crippen molar-refractivity contribution in [3.63, 3.8) is 0 Å². The van der Waals surface area contributed by atoms with Gasteiger partial charge in [0.15, 0.2) is 5.96 Å². The van der Waals surface area contributed by atoms with Crippen LogP contribution in [0.1, 0.15) is 43.7 Å². The van der Waals surface area contributed by atoms with Gasteiger partial charge in [0, 0.05) is 19.7 Å². The van der Waals surface area contributed by atoms with Gasteiger partial charge in [-0.1, -0.05) is 24.3 Å². The topological polar surface area (TPSA) is 45.7 Å². The zero-order valence-electron chi connectivity index (χ0n) is 15.3. The molecule has 0 spiro atoms. The van der Waals surface area contributed by atoms with Crippen LogP contribution in [0, 0.1) is 11.8 Å². The molecule has 0 radical (unpaired) electrons. The van der Waals surface area contributed by atoms with Crippen molar-refractivity contribution in [2.24, 2.45) is 16.8 Å². The largest absolute Gasteiger partial charge is 0.373 e. The minimum Gasteiger partial charge on any atom is -0.373 e. The summed E-state index contributed by atoms with van der Waals surface area (Å²) in [5.74, 6) is 3.32. The molecule has 1 aromatic rings. The molecule has 1 saturated heterocycles. The van der Waals surface area contributed by atoms with Crippen LogP contribution in [0.15, 0.2) is 29.3 Å². The third-order valence-corrected chi connectivity index (χ3v) is 5.92. The van der Waals surface area contributed by atoms with Crippen molar-refractivity contribution in [1.82, 2.24) is 10.6 Å². The number of aliphatic imine (C=N–C) groups is 1. The molecule has 5 heteroatoms. The first kappa shape index (κ1) is 19.0. The highest BCUT2D eigenvalue weighted by atomic mass is 127. The van der Waals surface area contributed by atoms with Gasteiger partial charge in [0.1, 0.15) is 0 Å². The summed E-state index contributed by atoms with van der Waals surface area (Å²) in [6.45, 7) is 7.82. The molecule has 4 nitrogen and oxygen atoms in total. The molecule has 138 valence electrons. The maximum Gasteiger partial charge on any atom is 0.191 e. The number of hydrogen-bond acceptors (Lipinski definition) is 2. The van der Waals surface area contributed by atoms with Gasteiger partial charge in [0.05, 0.1) is 12.1 Å². The van der Waals surface area contributed by atoms with Gasteiger partial charge in [0.2, 0.25) is 0 Å². The highest BCUT2D eigenvalue weighted by Gasteiger charge is 2.54. The van der Waals surface area contributed by atoms with Crippen LogP contribution in [-0.2, 0) is 11.2 Å². The zero-order valence-corrected chi connectivity index (χ0v) is 17.6. The van der Waals surface area contributed by atoms with Crippen molar-refractivity contribution in [1.29, 1.82) is 0 Å². The minimum atomic E-state index is -0.0720. The summed E-state index contributed by atoms with van der Waals surface area (Å²) in [5, 5.41) is 6.94. The highest BCUT2D eigenvalue weighted by molar-refractivity contribution is 14.0. The van der Waals surface area contributed by atoms with Gasteiger partial charge in [-0.05, 0) is 62.0 Å². The van der Waals surface area contributed by atoms with E-state index in [0.29, 0.717) is 0 Å². The van der Waals surface area contributed by atoms with Crippen LogP contribution in [0.2, 0.25) is 0 Å². The molecule has 3 aliphatic rings. The van der Waals surface area contributed by atoms with Gasteiger partial charge >= 0.3 is 0 Å². The Morgan fingerprint density at radius 3 is 2.92 bits per heavy atom. The fraction of sp³-hybridized carbons (Fsp3) is 0.650. The summed E-state index contributed by atoms with van der Waals surface area (Å²) in [6.07, 6.45) is 3.52. The standard InChI is InChI=1S/C20H29N3O.HI/c1-3-21-19(23-13-20(2)9-6-10-24-20)22-12-17-16-11-14-7-4-5-8-15(14)18(16)17;/h4-5,7-8,16-18H,3,6,9-13H2,1-2H3,(H2,21,22,23);1H. The summed E-state index contributed by atoms with van der Waals surface area (Å²) >= 11 is 0. The van der Waals surface area contributed by atoms with Crippen LogP contribution >= 0.6 is 24.0 Å². The van der Waals surface area contributed by atoms with Gasteiger partial charge in [-0.2, -0.15) is 0 Å². The molecule has 4 atom stereocenters. The first-order valence-corrected chi connectivity index (χ1v) is 9.44. The number of nitrogens with one attached hydrogen (secondary N) is 2. The third-order valence-electron chi connectivity index (χ3n) is 5.92. The smallest absolute Gasteiger partial charge is 0.191 e. The van der Waals surface area contributed by atoms with Crippen molar-refractivity contribution < 1.29 is 4.74 Å². The number of halogens is 1. The number of benzene rings is 1. The average molecular weight is 455 g/mol. The maximum absolute atomic E-state index is 5.84. The Hall–Kier alpha value is -0.820. The number of guanidine groups is 1. The van der Waals surface area contributed by atoms with Crippen molar-refractivity contribution >= 4 is 29.9 Å². The second-order valence-electron chi connectivity index (χ2n) is 7.73. The molecule has 1 aromatic carbocycles. The number of fused-ring (bicyclic) bond motifs is 3. The lowest BCUT2D eigenvalue weighted by atomic mass is 10.0. The van der Waals surface area contributed by atoms with Crippen molar-refractivity contribution in [2.75, 3.05) is 26.2 Å². The van der Waals surface area contributed by atoms with Gasteiger partial charge < -0.3 is 15.4 Å². The van der Waals surface area contributed by atoms with Gasteiger partial charge in [-0.15, -0.1) is 24.0 Å². The van der Waals surface area contributed by atoms with Crippen molar-refractivity contribution in [3.8, 4) is 0 Å². The number of rotatable bonds is 5. The average Bonchev–Trinajstić information content (AvgIpc) is 2.93. The van der Waals surface area contributed by atoms with Crippen LogP contribution in [0.5, 0.6) is 0 Å². The fourth-order valence-electron chi connectivity index (χ4n) is 4.53. The number of hydrogen-bond donors (Lipinski definition) is 2. The molecule has 0 bridgehead atoms. The summed E-state index contributed by atoms with van der Waals surface area (Å²) in [7, 11) is 0. The number of ether oxygens (including phenoxy) is 1. The SMILES string of the molecule is CCNC(=NCC1(C)CCCO1)NCC1C2Cc3ccccc3C12.I. The van der Waals surface area contributed by atoms with Crippen LogP contribution in [-0.4, -0.2) is 37.8 Å². The normalized spacial score (nSPS) is 32.6. The summed E-state index contributed by atoms with van der Waals surface area (Å²) < 4.78 is 5.84. The van der Waals surface area contributed by atoms with E-state index in [2.05, 4.69) is 48.7 Å². The fourth-order valence-corrected chi connectivity index (χ4v) is 4.53. The van der Waals surface area contributed by atoms with E-state index < -0.39 is 0 Å². The lowest BCUT2D eigenvalue weighted by molar-refractivity contribution is 0.0283. The van der Waals surface area contributed by atoms with Crippen molar-refractivity contribution in [2.45, 2.75) is 44.6 Å². The Kier molecular flexibility index (Phi) is 5.93. The summed E-state index contributed by atoms with van der Waals surface area (Å²) in [6, 6.07) is 8.95. The number of nitrogens with zero attached hydrogens (tertiary/aromatic N) is 1. The highest BCUT2D eigenvalue weighted by Crippen LogP contribution is 2.60. The lowest BCUT2D eigenvalue weighted by Crippen LogP contribution is -2.40. The molecule has 4 unspecified atom stereocenters. The van der Waals surface area contributed by atoms with E-state index in [9.17, 15) is 0 Å². The second kappa shape index (κ2) is 7.82. The molecule has 25 heavy (non-hydrogen) atoms. The molecule has 0 amide bonds. The predicted molar refractivity (Wildman–Crippen MR) is 113 cm³/mol. The first-order valence-electron chi connectivity index (χ1n) is 9.44. The van der Waals surface area contributed by atoms with Crippen LogP contribution in [0.3, 0.4) is 0 Å². The quantitative estimate of drug-likeness (QED) is 0.407. The van der Waals surface area contributed by atoms with Crippen LogP contribution < -0.4 is 10.6 Å².